The summed E-state index contributed by atoms with van der Waals surface area (Å²) in [7, 11) is -4.26. The first-order chi connectivity index (χ1) is 3.85. The largest absolute Gasteiger partial charge is 0.401 e. The molecule has 9 heavy (non-hydrogen) atoms. The molecule has 0 aromatic heterocycles. The Morgan fingerprint density at radius 2 is 2.00 bits per heavy atom. The van der Waals surface area contributed by atoms with E-state index in [1.165, 1.54) is 0 Å². The van der Waals surface area contributed by atoms with E-state index in [0.717, 1.165) is 0 Å². The number of hydrogen-bond donors (Lipinski definition) is 4. The van der Waals surface area contributed by atoms with E-state index in [-0.39, 0.29) is 5.70 Å². The molecular weight excluding hydrogens is 143 g/mol. The zero-order chi connectivity index (χ0) is 7.65. The van der Waals surface area contributed by atoms with Crippen molar-refractivity contribution in [1.82, 2.24) is 0 Å². The molecule has 0 bridgehead atoms. The van der Waals surface area contributed by atoms with Crippen LogP contribution in [-0.4, -0.2) is 15.6 Å². The Hall–Kier alpha value is -0.350. The second-order valence-electron chi connectivity index (χ2n) is 1.61. The fourth-order valence-corrected chi connectivity index (χ4v) is 0.648. The van der Waals surface area contributed by atoms with Gasteiger partial charge in [-0.3, -0.25) is 4.57 Å². The van der Waals surface area contributed by atoms with Crippen molar-refractivity contribution >= 4 is 7.60 Å². The SMILES string of the molecule is C=C(N)C(N)P(=O)(O)O. The van der Waals surface area contributed by atoms with Crippen LogP contribution in [0.5, 0.6) is 0 Å². The maximum Gasteiger partial charge on any atom is 0.348 e. The second kappa shape index (κ2) is 2.49. The molecule has 1 atom stereocenters. The quantitative estimate of drug-likeness (QED) is 0.376. The van der Waals surface area contributed by atoms with Gasteiger partial charge in [0.25, 0.3) is 0 Å². The summed E-state index contributed by atoms with van der Waals surface area (Å²) in [5, 5.41) is 0. The molecule has 0 aromatic carbocycles. The molecule has 0 spiro atoms. The molecule has 0 rings (SSSR count). The minimum Gasteiger partial charge on any atom is -0.401 e. The molecule has 0 aliphatic heterocycles. The smallest absolute Gasteiger partial charge is 0.348 e. The van der Waals surface area contributed by atoms with Gasteiger partial charge in [0.15, 0.2) is 0 Å². The summed E-state index contributed by atoms with van der Waals surface area (Å²) in [6.07, 6.45) is 0. The Labute approximate surface area is 52.5 Å². The molecule has 0 fully saturated rings. The lowest BCUT2D eigenvalue weighted by Gasteiger charge is -2.11. The molecule has 5 nitrogen and oxygen atoms in total. The molecule has 54 valence electrons. The Balaban J connectivity index is 4.23. The lowest BCUT2D eigenvalue weighted by molar-refractivity contribution is 0.363. The van der Waals surface area contributed by atoms with E-state index in [2.05, 4.69) is 6.58 Å². The molecule has 1 unspecified atom stereocenters. The van der Waals surface area contributed by atoms with Crippen LogP contribution < -0.4 is 11.5 Å². The van der Waals surface area contributed by atoms with Gasteiger partial charge in [0, 0.05) is 5.70 Å². The van der Waals surface area contributed by atoms with Crippen LogP contribution in [0.2, 0.25) is 0 Å². The van der Waals surface area contributed by atoms with Crippen LogP contribution in [0, 0.1) is 0 Å². The fraction of sp³-hybridized carbons (Fsp3) is 0.333. The number of rotatable bonds is 2. The van der Waals surface area contributed by atoms with Gasteiger partial charge in [0.2, 0.25) is 0 Å². The molecule has 0 heterocycles. The second-order valence-corrected chi connectivity index (χ2v) is 3.34. The minimum absolute atomic E-state index is 0.205. The van der Waals surface area contributed by atoms with Gasteiger partial charge in [-0.2, -0.15) is 0 Å². The van der Waals surface area contributed by atoms with Gasteiger partial charge in [-0.1, -0.05) is 6.58 Å². The third kappa shape index (κ3) is 2.62. The van der Waals surface area contributed by atoms with Gasteiger partial charge < -0.3 is 21.3 Å². The van der Waals surface area contributed by atoms with Gasteiger partial charge in [-0.25, -0.2) is 0 Å². The van der Waals surface area contributed by atoms with E-state index in [4.69, 9.17) is 21.3 Å². The average molecular weight is 152 g/mol. The van der Waals surface area contributed by atoms with Crippen LogP contribution in [0.4, 0.5) is 0 Å². The van der Waals surface area contributed by atoms with Crippen molar-refractivity contribution in [1.29, 1.82) is 0 Å². The highest BCUT2D eigenvalue weighted by molar-refractivity contribution is 7.52. The zero-order valence-electron chi connectivity index (χ0n) is 4.69. The summed E-state index contributed by atoms with van der Waals surface area (Å²) in [4.78, 5) is 16.6. The highest BCUT2D eigenvalue weighted by atomic mass is 31.2. The molecule has 6 heteroatoms. The molecule has 0 saturated carbocycles. The lowest BCUT2D eigenvalue weighted by Crippen LogP contribution is -2.26. The molecule has 0 radical (unpaired) electrons. The Bertz CT molecular complexity index is 162. The summed E-state index contributed by atoms with van der Waals surface area (Å²) in [5.41, 5.74) is 9.61. The molecule has 0 saturated heterocycles. The van der Waals surface area contributed by atoms with Crippen LogP contribution >= 0.6 is 7.60 Å². The van der Waals surface area contributed by atoms with Gasteiger partial charge in [-0.15, -0.1) is 0 Å². The van der Waals surface area contributed by atoms with Crippen LogP contribution in [-0.2, 0) is 4.57 Å². The highest BCUT2D eigenvalue weighted by Gasteiger charge is 2.25. The van der Waals surface area contributed by atoms with Crippen LogP contribution in [0.3, 0.4) is 0 Å². The first kappa shape index (κ1) is 8.65. The Morgan fingerprint density at radius 1 is 1.67 bits per heavy atom. The van der Waals surface area contributed by atoms with Crippen LogP contribution in [0.15, 0.2) is 12.3 Å². The van der Waals surface area contributed by atoms with Crippen molar-refractivity contribution in [3.8, 4) is 0 Å². The Kier molecular flexibility index (Phi) is 2.40. The summed E-state index contributed by atoms with van der Waals surface area (Å²) < 4.78 is 10.2. The first-order valence-corrected chi connectivity index (χ1v) is 3.79. The van der Waals surface area contributed by atoms with Crippen molar-refractivity contribution < 1.29 is 14.4 Å². The van der Waals surface area contributed by atoms with Gasteiger partial charge in [-0.05, 0) is 0 Å². The van der Waals surface area contributed by atoms with E-state index in [1.807, 2.05) is 0 Å². The van der Waals surface area contributed by atoms with E-state index in [1.54, 1.807) is 0 Å². The summed E-state index contributed by atoms with van der Waals surface area (Å²) in [6, 6.07) is 0. The summed E-state index contributed by atoms with van der Waals surface area (Å²) >= 11 is 0. The Morgan fingerprint density at radius 3 is 2.00 bits per heavy atom. The monoisotopic (exact) mass is 152 g/mol. The van der Waals surface area contributed by atoms with Crippen molar-refractivity contribution in [3.63, 3.8) is 0 Å². The minimum atomic E-state index is -4.26. The predicted molar refractivity (Wildman–Crippen MR) is 33.3 cm³/mol. The topological polar surface area (TPSA) is 110 Å². The maximum absolute atomic E-state index is 10.2. The molecule has 0 aliphatic rings. The van der Waals surface area contributed by atoms with Crippen molar-refractivity contribution in [2.75, 3.05) is 0 Å². The van der Waals surface area contributed by atoms with Gasteiger partial charge in [0.1, 0.15) is 5.78 Å². The third-order valence-electron chi connectivity index (χ3n) is 0.742. The molecule has 0 aromatic rings. The van der Waals surface area contributed by atoms with Crippen molar-refractivity contribution in [2.24, 2.45) is 11.5 Å². The molecular formula is C3H9N2O3P. The lowest BCUT2D eigenvalue weighted by atomic mass is 10.5. The van der Waals surface area contributed by atoms with Gasteiger partial charge >= 0.3 is 7.60 Å². The summed E-state index contributed by atoms with van der Waals surface area (Å²) in [6.45, 7) is 3.08. The predicted octanol–water partition coefficient (Wildman–Crippen LogP) is -1.08. The molecule has 6 N–H and O–H groups in total. The number of hydrogen-bond acceptors (Lipinski definition) is 3. The van der Waals surface area contributed by atoms with E-state index >= 15 is 0 Å². The number of nitrogens with two attached hydrogens (primary N) is 2. The first-order valence-electron chi connectivity index (χ1n) is 2.11. The average Bonchev–Trinajstić information content (AvgIpc) is 1.62. The fourth-order valence-electron chi connectivity index (χ4n) is 0.216. The van der Waals surface area contributed by atoms with Crippen molar-refractivity contribution in [2.45, 2.75) is 5.78 Å². The molecule has 0 amide bonds. The normalized spacial score (nSPS) is 15.0. The zero-order valence-corrected chi connectivity index (χ0v) is 5.58. The van der Waals surface area contributed by atoms with Crippen molar-refractivity contribution in [3.05, 3.63) is 12.3 Å². The third-order valence-corrected chi connectivity index (χ3v) is 1.80. The van der Waals surface area contributed by atoms with E-state index in [9.17, 15) is 4.57 Å². The van der Waals surface area contributed by atoms with E-state index < -0.39 is 13.4 Å². The van der Waals surface area contributed by atoms with Gasteiger partial charge in [0.05, 0.1) is 0 Å². The maximum atomic E-state index is 10.2. The standard InChI is InChI=1S/C3H9N2O3P/c1-2(4)3(5)9(6,7)8/h3H,1,4-5H2,(H2,6,7,8). The van der Waals surface area contributed by atoms with Crippen LogP contribution in [0.1, 0.15) is 0 Å². The van der Waals surface area contributed by atoms with Crippen LogP contribution in [0.25, 0.3) is 0 Å². The van der Waals surface area contributed by atoms with E-state index in [0.29, 0.717) is 0 Å². The molecule has 0 aliphatic carbocycles. The highest BCUT2D eigenvalue weighted by Crippen LogP contribution is 2.39. The summed E-state index contributed by atoms with van der Waals surface area (Å²) in [5.74, 6) is -1.43.